The fourth-order valence-corrected chi connectivity index (χ4v) is 4.50. The van der Waals surface area contributed by atoms with Gasteiger partial charge in [0.1, 0.15) is 11.4 Å². The van der Waals surface area contributed by atoms with E-state index < -0.39 is 23.8 Å². The Morgan fingerprint density at radius 3 is 2.21 bits per heavy atom. The molecule has 7 nitrogen and oxygen atoms in total. The third-order valence-electron chi connectivity index (χ3n) is 5.29. The summed E-state index contributed by atoms with van der Waals surface area (Å²) < 4.78 is 10.7. The fraction of sp³-hybridized carbons (Fsp3) is 0.310. The van der Waals surface area contributed by atoms with Gasteiger partial charge < -0.3 is 24.6 Å². The normalized spacial score (nSPS) is 12.0. The van der Waals surface area contributed by atoms with Crippen molar-refractivity contribution in [3.05, 3.63) is 88.9 Å². The van der Waals surface area contributed by atoms with Gasteiger partial charge in [0.2, 0.25) is 0 Å². The molecule has 0 saturated carbocycles. The Balaban J connectivity index is 1.61. The number of hydrogen-bond donors (Lipinski definition) is 2. The number of carbonyl (C=O) groups excluding carboxylic acids is 1. The smallest absolute Gasteiger partial charge is 0.410 e. The number of ether oxygens (including phenoxy) is 2. The van der Waals surface area contributed by atoms with Crippen LogP contribution < -0.4 is 4.74 Å². The highest BCUT2D eigenvalue weighted by Crippen LogP contribution is 2.29. The monoisotopic (exact) mass is 557 g/mol. The third kappa shape index (κ3) is 9.93. The molecule has 0 radical (unpaired) electrons. The van der Waals surface area contributed by atoms with E-state index in [0.29, 0.717) is 29.3 Å². The number of nitrogens with zero attached hydrogens (tertiary/aromatic N) is 1. The second-order valence-electron chi connectivity index (χ2n) is 9.65. The molecule has 0 spiro atoms. The van der Waals surface area contributed by atoms with Crippen molar-refractivity contribution in [2.75, 3.05) is 19.7 Å². The molecule has 0 aliphatic rings. The SMILES string of the molecule is CC(C)(C)OC(=O)N(CCc1ccc(Sc2ccc(OCC(=O)O)cc2)cc1)C[C@@H](O)c1cccc(Cl)c1. The maximum absolute atomic E-state index is 12.9. The average molecular weight is 558 g/mol. The van der Waals surface area contributed by atoms with E-state index in [-0.39, 0.29) is 13.2 Å². The minimum absolute atomic E-state index is 0.0787. The number of rotatable bonds is 11. The van der Waals surface area contributed by atoms with E-state index in [0.717, 1.165) is 15.4 Å². The predicted octanol–water partition coefficient (Wildman–Crippen LogP) is 6.47. The summed E-state index contributed by atoms with van der Waals surface area (Å²) >= 11 is 7.64. The molecule has 0 aromatic heterocycles. The van der Waals surface area contributed by atoms with Gasteiger partial charge in [0, 0.05) is 21.4 Å². The van der Waals surface area contributed by atoms with Crippen LogP contribution in [0.15, 0.2) is 82.6 Å². The van der Waals surface area contributed by atoms with Gasteiger partial charge in [0.05, 0.1) is 12.6 Å². The lowest BCUT2D eigenvalue weighted by atomic mass is 10.1. The van der Waals surface area contributed by atoms with Crippen LogP contribution >= 0.6 is 23.4 Å². The van der Waals surface area contributed by atoms with Crippen LogP contribution in [0.3, 0.4) is 0 Å². The minimum Gasteiger partial charge on any atom is -0.482 e. The largest absolute Gasteiger partial charge is 0.482 e. The van der Waals surface area contributed by atoms with Gasteiger partial charge in [-0.1, -0.05) is 47.6 Å². The van der Waals surface area contributed by atoms with Crippen LogP contribution in [0, 0.1) is 0 Å². The van der Waals surface area contributed by atoms with E-state index in [1.165, 1.54) is 4.90 Å². The molecule has 202 valence electrons. The van der Waals surface area contributed by atoms with Crippen molar-refractivity contribution in [2.45, 2.75) is 48.7 Å². The summed E-state index contributed by atoms with van der Waals surface area (Å²) in [4.78, 5) is 27.1. The summed E-state index contributed by atoms with van der Waals surface area (Å²) in [7, 11) is 0. The van der Waals surface area contributed by atoms with E-state index in [1.807, 2.05) is 57.2 Å². The molecule has 3 aromatic rings. The molecule has 0 bridgehead atoms. The summed E-state index contributed by atoms with van der Waals surface area (Å²) in [6.45, 7) is 5.50. The van der Waals surface area contributed by atoms with Crippen molar-refractivity contribution in [3.8, 4) is 5.75 Å². The zero-order valence-corrected chi connectivity index (χ0v) is 23.2. The first kappa shape index (κ1) is 29.4. The topological polar surface area (TPSA) is 96.3 Å². The van der Waals surface area contributed by atoms with Gasteiger partial charge in [-0.25, -0.2) is 9.59 Å². The highest BCUT2D eigenvalue weighted by Gasteiger charge is 2.24. The first-order valence-electron chi connectivity index (χ1n) is 12.1. The molecule has 2 N–H and O–H groups in total. The second kappa shape index (κ2) is 13.6. The third-order valence-corrected chi connectivity index (χ3v) is 6.54. The number of hydrogen-bond acceptors (Lipinski definition) is 6. The quantitative estimate of drug-likeness (QED) is 0.279. The molecule has 0 unspecified atom stereocenters. The minimum atomic E-state index is -1.02. The number of aliphatic hydroxyl groups excluding tert-OH is 1. The molecule has 1 atom stereocenters. The van der Waals surface area contributed by atoms with E-state index in [4.69, 9.17) is 26.2 Å². The van der Waals surface area contributed by atoms with Gasteiger partial charge in [-0.05, 0) is 86.8 Å². The standard InChI is InChI=1S/C29H32ClNO6S/c1-29(2,3)37-28(35)31(18-26(32)21-5-4-6-22(30)17-21)16-15-20-7-11-24(12-8-20)38-25-13-9-23(10-14-25)36-19-27(33)34/h4-14,17,26,32H,15-16,18-19H2,1-3H3,(H,33,34)/t26-/m1/s1. The lowest BCUT2D eigenvalue weighted by molar-refractivity contribution is -0.139. The van der Waals surface area contributed by atoms with Gasteiger partial charge in [-0.2, -0.15) is 0 Å². The lowest BCUT2D eigenvalue weighted by Crippen LogP contribution is -2.40. The van der Waals surface area contributed by atoms with Crippen LogP contribution in [0.25, 0.3) is 0 Å². The van der Waals surface area contributed by atoms with Crippen molar-refractivity contribution in [1.29, 1.82) is 0 Å². The molecule has 0 aliphatic heterocycles. The zero-order chi connectivity index (χ0) is 27.7. The van der Waals surface area contributed by atoms with Gasteiger partial charge in [-0.3, -0.25) is 0 Å². The highest BCUT2D eigenvalue weighted by atomic mass is 35.5. The first-order valence-corrected chi connectivity index (χ1v) is 13.3. The number of aliphatic hydroxyl groups is 1. The van der Waals surface area contributed by atoms with Crippen molar-refractivity contribution in [1.82, 2.24) is 4.90 Å². The molecule has 0 heterocycles. The van der Waals surface area contributed by atoms with Crippen LogP contribution in [-0.2, 0) is 16.0 Å². The summed E-state index contributed by atoms with van der Waals surface area (Å²) in [5.41, 5.74) is 1.02. The van der Waals surface area contributed by atoms with Crippen LogP contribution in [-0.4, -0.2) is 52.5 Å². The number of carboxylic acids is 1. The molecular weight excluding hydrogens is 526 g/mol. The maximum Gasteiger partial charge on any atom is 0.410 e. The number of carbonyl (C=O) groups is 2. The molecule has 3 aromatic carbocycles. The van der Waals surface area contributed by atoms with E-state index >= 15 is 0 Å². The fourth-order valence-electron chi connectivity index (χ4n) is 3.48. The van der Waals surface area contributed by atoms with E-state index in [2.05, 4.69) is 0 Å². The molecule has 1 amide bonds. The molecule has 0 fully saturated rings. The van der Waals surface area contributed by atoms with Crippen LogP contribution in [0.4, 0.5) is 4.79 Å². The van der Waals surface area contributed by atoms with Gasteiger partial charge in [0.25, 0.3) is 0 Å². The van der Waals surface area contributed by atoms with Crippen LogP contribution in [0.2, 0.25) is 5.02 Å². The first-order chi connectivity index (χ1) is 18.0. The Morgan fingerprint density at radius 1 is 1.00 bits per heavy atom. The number of benzene rings is 3. The molecule has 0 saturated heterocycles. The molecule has 38 heavy (non-hydrogen) atoms. The molecular formula is C29H32ClNO6S. The average Bonchev–Trinajstić information content (AvgIpc) is 2.85. The Bertz CT molecular complexity index is 1210. The van der Waals surface area contributed by atoms with Crippen LogP contribution in [0.5, 0.6) is 5.75 Å². The maximum atomic E-state index is 12.9. The van der Waals surface area contributed by atoms with Crippen molar-refractivity contribution in [3.63, 3.8) is 0 Å². The number of halogens is 1. The van der Waals surface area contributed by atoms with Crippen molar-refractivity contribution < 1.29 is 29.3 Å². The summed E-state index contributed by atoms with van der Waals surface area (Å²) in [6.07, 6.45) is -0.801. The summed E-state index contributed by atoms with van der Waals surface area (Å²) in [5, 5.41) is 20.0. The van der Waals surface area contributed by atoms with E-state index in [9.17, 15) is 14.7 Å². The number of carboxylic acid groups (broad SMARTS) is 1. The summed E-state index contributed by atoms with van der Waals surface area (Å²) in [6, 6.07) is 22.2. The summed E-state index contributed by atoms with van der Waals surface area (Å²) in [5.74, 6) is -0.517. The Hall–Kier alpha value is -3.20. The predicted molar refractivity (Wildman–Crippen MR) is 148 cm³/mol. The lowest BCUT2D eigenvalue weighted by Gasteiger charge is -2.29. The highest BCUT2D eigenvalue weighted by molar-refractivity contribution is 7.99. The Kier molecular flexibility index (Phi) is 10.5. The Morgan fingerprint density at radius 2 is 1.63 bits per heavy atom. The number of aliphatic carboxylic acids is 1. The van der Waals surface area contributed by atoms with Gasteiger partial charge >= 0.3 is 12.1 Å². The molecule has 0 aliphatic carbocycles. The number of amides is 1. The van der Waals surface area contributed by atoms with Crippen molar-refractivity contribution >= 4 is 35.4 Å². The van der Waals surface area contributed by atoms with Gasteiger partial charge in [-0.15, -0.1) is 0 Å². The zero-order valence-electron chi connectivity index (χ0n) is 21.6. The van der Waals surface area contributed by atoms with Crippen molar-refractivity contribution in [2.24, 2.45) is 0 Å². The van der Waals surface area contributed by atoms with E-state index in [1.54, 1.807) is 48.2 Å². The molecule has 3 rings (SSSR count). The molecule has 9 heteroatoms. The van der Waals surface area contributed by atoms with Crippen LogP contribution in [0.1, 0.15) is 38.0 Å². The van der Waals surface area contributed by atoms with Gasteiger partial charge in [0.15, 0.2) is 6.61 Å². The Labute approximate surface area is 232 Å². The second-order valence-corrected chi connectivity index (χ2v) is 11.2.